The smallest absolute Gasteiger partial charge is 0.301 e. The average Bonchev–Trinajstić information content (AvgIpc) is 2.98. The van der Waals surface area contributed by atoms with E-state index in [0.29, 0.717) is 12.0 Å². The minimum absolute atomic E-state index is 0.100. The number of halogens is 1. The summed E-state index contributed by atoms with van der Waals surface area (Å²) in [5.74, 6) is 6.80. The van der Waals surface area contributed by atoms with Gasteiger partial charge in [-0.05, 0) is 25.7 Å². The Labute approximate surface area is 137 Å². The summed E-state index contributed by atoms with van der Waals surface area (Å²) in [5.41, 5.74) is 2.03. The molecule has 2 fully saturated rings. The lowest BCUT2D eigenvalue weighted by Crippen LogP contribution is -2.50. The van der Waals surface area contributed by atoms with Gasteiger partial charge in [0, 0.05) is 34.4 Å². The highest BCUT2D eigenvalue weighted by atomic mass is 79.9. The van der Waals surface area contributed by atoms with Crippen molar-refractivity contribution in [1.29, 1.82) is 0 Å². The van der Waals surface area contributed by atoms with Crippen molar-refractivity contribution >= 4 is 44.1 Å². The number of fused-ring (bicyclic) bond motifs is 2. The van der Waals surface area contributed by atoms with E-state index < -0.39 is 0 Å². The molecule has 4 aliphatic heterocycles. The summed E-state index contributed by atoms with van der Waals surface area (Å²) in [7, 11) is 0. The van der Waals surface area contributed by atoms with Crippen LogP contribution >= 0.6 is 28.1 Å². The molecular formula is C14H17BrN5S+. The molecule has 0 aromatic rings. The first kappa shape index (κ1) is 13.8. The van der Waals surface area contributed by atoms with Crippen LogP contribution in [0.3, 0.4) is 0 Å². The third-order valence-electron chi connectivity index (χ3n) is 4.87. The molecule has 3 atom stereocenters. The van der Waals surface area contributed by atoms with Gasteiger partial charge in [0.15, 0.2) is 0 Å². The second-order valence-electron chi connectivity index (χ2n) is 6.02. The molecule has 0 spiro atoms. The molecule has 7 heteroatoms. The van der Waals surface area contributed by atoms with Crippen LogP contribution in [0.1, 0.15) is 25.7 Å². The molecule has 0 saturated carbocycles. The van der Waals surface area contributed by atoms with Gasteiger partial charge in [0.2, 0.25) is 5.70 Å². The molecule has 21 heavy (non-hydrogen) atoms. The Bertz CT molecular complexity index is 637. The van der Waals surface area contributed by atoms with E-state index in [1.807, 2.05) is 12.4 Å². The minimum atomic E-state index is 0.100. The zero-order valence-corrected chi connectivity index (χ0v) is 14.0. The standard InChI is InChI=1S/C14H17BrN5S/c15-14-18-13(11-7-17-5-6-20(11,14)16)9-1-2-10-3-4-12(21)19(10)8-9/h5-7,9-10H,1-4,8,16H2/q+1/t9-,10+,20?/m1/s1. The van der Waals surface area contributed by atoms with Gasteiger partial charge < -0.3 is 4.90 Å². The Kier molecular flexibility index (Phi) is 3.15. The maximum Gasteiger partial charge on any atom is 0.301 e. The zero-order chi connectivity index (χ0) is 14.6. The summed E-state index contributed by atoms with van der Waals surface area (Å²) in [6.07, 6.45) is 10.0. The number of nitrogens with two attached hydrogens (primary N) is 1. The van der Waals surface area contributed by atoms with Crippen molar-refractivity contribution in [2.75, 3.05) is 6.54 Å². The molecule has 0 amide bonds. The molecule has 0 aromatic heterocycles. The average molecular weight is 367 g/mol. The first-order valence-corrected chi connectivity index (χ1v) is 8.47. The van der Waals surface area contributed by atoms with Crippen LogP contribution in [0.25, 0.3) is 0 Å². The van der Waals surface area contributed by atoms with Gasteiger partial charge in [-0.3, -0.25) is 4.99 Å². The summed E-state index contributed by atoms with van der Waals surface area (Å²) in [6.45, 7) is 0.962. The molecule has 4 aliphatic rings. The van der Waals surface area contributed by atoms with Crippen LogP contribution in [0.2, 0.25) is 0 Å². The monoisotopic (exact) mass is 366 g/mol. The van der Waals surface area contributed by atoms with Crippen LogP contribution in [0.5, 0.6) is 0 Å². The van der Waals surface area contributed by atoms with Gasteiger partial charge in [0.05, 0.1) is 17.4 Å². The highest BCUT2D eigenvalue weighted by Gasteiger charge is 2.46. The molecule has 0 bridgehead atoms. The van der Waals surface area contributed by atoms with E-state index in [0.717, 1.165) is 40.5 Å². The lowest BCUT2D eigenvalue weighted by Gasteiger charge is -2.36. The first-order chi connectivity index (χ1) is 10.1. The van der Waals surface area contributed by atoms with E-state index in [1.165, 1.54) is 12.8 Å². The fourth-order valence-corrected chi connectivity index (χ4v) is 4.52. The molecule has 0 aliphatic carbocycles. The van der Waals surface area contributed by atoms with E-state index in [1.54, 1.807) is 6.20 Å². The number of piperidine rings is 1. The Morgan fingerprint density at radius 1 is 1.38 bits per heavy atom. The van der Waals surface area contributed by atoms with Crippen molar-refractivity contribution in [3.8, 4) is 0 Å². The van der Waals surface area contributed by atoms with Crippen molar-refractivity contribution < 1.29 is 4.59 Å². The molecule has 2 saturated heterocycles. The fourth-order valence-electron chi connectivity index (χ4n) is 3.68. The van der Waals surface area contributed by atoms with Crippen LogP contribution < -0.4 is 5.84 Å². The highest BCUT2D eigenvalue weighted by Crippen LogP contribution is 2.40. The van der Waals surface area contributed by atoms with E-state index >= 15 is 0 Å². The molecule has 4 rings (SSSR count). The lowest BCUT2D eigenvalue weighted by molar-refractivity contribution is -0.746. The predicted molar refractivity (Wildman–Crippen MR) is 90.5 cm³/mol. The number of thiocarbonyl (C=S) groups is 1. The summed E-state index contributed by atoms with van der Waals surface area (Å²) in [6, 6.07) is 0.644. The van der Waals surface area contributed by atoms with Gasteiger partial charge >= 0.3 is 4.74 Å². The number of hydrogen-bond donors (Lipinski definition) is 1. The van der Waals surface area contributed by atoms with Crippen LogP contribution in [0, 0.1) is 5.92 Å². The number of aliphatic imine (C=N–C) groups is 2. The van der Waals surface area contributed by atoms with E-state index in [2.05, 4.69) is 25.8 Å². The third-order valence-corrected chi connectivity index (χ3v) is 6.07. The number of rotatable bonds is 1. The molecule has 2 N–H and O–H groups in total. The number of hydrogen-bond acceptors (Lipinski definition) is 4. The van der Waals surface area contributed by atoms with E-state index in [-0.39, 0.29) is 4.59 Å². The summed E-state index contributed by atoms with van der Waals surface area (Å²) >= 11 is 9.02. The van der Waals surface area contributed by atoms with Crippen LogP contribution in [-0.2, 0) is 0 Å². The number of nitrogens with zero attached hydrogens (tertiary/aromatic N) is 4. The van der Waals surface area contributed by atoms with Crippen molar-refractivity contribution in [3.63, 3.8) is 0 Å². The molecular weight excluding hydrogens is 350 g/mol. The van der Waals surface area contributed by atoms with Gasteiger partial charge in [-0.25, -0.2) is 0 Å². The van der Waals surface area contributed by atoms with Crippen molar-refractivity contribution in [3.05, 3.63) is 23.8 Å². The number of amidine groups is 1. The van der Waals surface area contributed by atoms with Gasteiger partial charge in [0.1, 0.15) is 11.9 Å². The molecule has 110 valence electrons. The summed E-state index contributed by atoms with van der Waals surface area (Å²) < 4.78 is 0.824. The van der Waals surface area contributed by atoms with E-state index in [4.69, 9.17) is 23.1 Å². The summed E-state index contributed by atoms with van der Waals surface area (Å²) in [5, 5.41) is 0. The first-order valence-electron chi connectivity index (χ1n) is 7.27. The normalized spacial score (nSPS) is 37.9. The molecule has 4 heterocycles. The molecule has 0 radical (unpaired) electrons. The Morgan fingerprint density at radius 3 is 3.10 bits per heavy atom. The fraction of sp³-hybridized carbons (Fsp3) is 0.500. The van der Waals surface area contributed by atoms with Crippen molar-refractivity contribution in [1.82, 2.24) is 4.90 Å². The van der Waals surface area contributed by atoms with Crippen molar-refractivity contribution in [2.24, 2.45) is 21.7 Å². The number of allylic oxidation sites excluding steroid dienone is 1. The summed E-state index contributed by atoms with van der Waals surface area (Å²) in [4.78, 5) is 12.5. The van der Waals surface area contributed by atoms with Gasteiger partial charge in [-0.1, -0.05) is 12.2 Å². The Morgan fingerprint density at radius 2 is 2.24 bits per heavy atom. The minimum Gasteiger partial charge on any atom is -0.362 e. The quantitative estimate of drug-likeness (QED) is 0.335. The largest absolute Gasteiger partial charge is 0.362 e. The second-order valence-corrected chi connectivity index (χ2v) is 7.20. The SMILES string of the molecule is N[N+]12C=CN=CC1=C([C@@H]1CC[C@H]3CCC(=S)N3C1)N=C2Br. The molecule has 1 unspecified atom stereocenters. The van der Waals surface area contributed by atoms with Gasteiger partial charge in [0.25, 0.3) is 0 Å². The predicted octanol–water partition coefficient (Wildman–Crippen LogP) is 2.41. The Balaban J connectivity index is 1.68. The maximum absolute atomic E-state index is 6.42. The van der Waals surface area contributed by atoms with Crippen LogP contribution in [0.15, 0.2) is 33.8 Å². The third kappa shape index (κ3) is 1.98. The Hall–Kier alpha value is -0.890. The second kappa shape index (κ2) is 4.81. The molecule has 5 nitrogen and oxygen atoms in total. The van der Waals surface area contributed by atoms with Crippen LogP contribution in [-0.4, -0.2) is 38.0 Å². The lowest BCUT2D eigenvalue weighted by atomic mass is 9.90. The van der Waals surface area contributed by atoms with Gasteiger partial charge in [-0.15, -0.1) is 4.59 Å². The van der Waals surface area contributed by atoms with Gasteiger partial charge in [-0.2, -0.15) is 10.8 Å². The molecule has 0 aromatic carbocycles. The highest BCUT2D eigenvalue weighted by molar-refractivity contribution is 9.18. The maximum atomic E-state index is 6.42. The topological polar surface area (TPSA) is 54.0 Å². The van der Waals surface area contributed by atoms with E-state index in [9.17, 15) is 0 Å². The zero-order valence-electron chi connectivity index (χ0n) is 11.6. The van der Waals surface area contributed by atoms with Crippen LogP contribution in [0.4, 0.5) is 0 Å². The van der Waals surface area contributed by atoms with Crippen molar-refractivity contribution in [2.45, 2.75) is 31.7 Å². The number of quaternary nitrogens is 1.